The molecule has 5 aliphatic rings. The average Bonchev–Trinajstić information content (AvgIpc) is 2.83. The number of halogens is 1. The Kier molecular flexibility index (Phi) is 5.66. The Balaban J connectivity index is 1.40. The van der Waals surface area contributed by atoms with Crippen LogP contribution in [0.3, 0.4) is 0 Å². The number of hydrogen-bond acceptors (Lipinski definition) is 4. The van der Waals surface area contributed by atoms with E-state index in [1.807, 2.05) is 28.9 Å². The SMILES string of the molecule is CN1CC2(C)CCN(CC2)c2cc(Br)ccc2-n2cc([n-]2)-c2ccnc(c2)N2CCCC(C2)C1=O. The molecule has 1 amide bonds. The molecule has 1 aromatic carbocycles. The van der Waals surface area contributed by atoms with Gasteiger partial charge in [0.1, 0.15) is 5.82 Å². The van der Waals surface area contributed by atoms with Gasteiger partial charge in [0.2, 0.25) is 5.91 Å². The first-order valence-electron chi connectivity index (χ1n) is 12.6. The molecule has 0 saturated carbocycles. The number of anilines is 2. The lowest BCUT2D eigenvalue weighted by atomic mass is 9.79. The third-order valence-electron chi connectivity index (χ3n) is 8.09. The third kappa shape index (κ3) is 4.26. The van der Waals surface area contributed by atoms with Gasteiger partial charge in [-0.2, -0.15) is 0 Å². The van der Waals surface area contributed by atoms with Crippen LogP contribution in [0.25, 0.3) is 16.9 Å². The molecule has 184 valence electrons. The number of piperidine rings is 2. The summed E-state index contributed by atoms with van der Waals surface area (Å²) < 4.78 is 3.07. The van der Waals surface area contributed by atoms with Crippen molar-refractivity contribution in [2.24, 2.45) is 11.3 Å². The number of carbonyl (C=O) groups is 1. The minimum Gasteiger partial charge on any atom is -0.589 e. The fourth-order valence-electron chi connectivity index (χ4n) is 5.97. The molecule has 8 bridgehead atoms. The second-order valence-electron chi connectivity index (χ2n) is 10.8. The largest absolute Gasteiger partial charge is 0.589 e. The quantitative estimate of drug-likeness (QED) is 0.422. The maximum absolute atomic E-state index is 13.5. The summed E-state index contributed by atoms with van der Waals surface area (Å²) in [5.74, 6) is 1.23. The summed E-state index contributed by atoms with van der Waals surface area (Å²) in [4.78, 5) is 24.9. The van der Waals surface area contributed by atoms with E-state index in [1.54, 1.807) is 0 Å². The van der Waals surface area contributed by atoms with E-state index in [0.717, 1.165) is 85.6 Å². The van der Waals surface area contributed by atoms with E-state index < -0.39 is 0 Å². The summed E-state index contributed by atoms with van der Waals surface area (Å²) in [7, 11) is 2.00. The second kappa shape index (κ2) is 8.73. The van der Waals surface area contributed by atoms with Gasteiger partial charge in [-0.25, -0.2) is 4.98 Å². The van der Waals surface area contributed by atoms with Gasteiger partial charge in [0.05, 0.1) is 17.3 Å². The second-order valence-corrected chi connectivity index (χ2v) is 11.7. The van der Waals surface area contributed by atoms with Crippen LogP contribution < -0.4 is 14.9 Å². The van der Waals surface area contributed by atoms with Crippen molar-refractivity contribution in [3.05, 3.63) is 47.2 Å². The summed E-state index contributed by atoms with van der Waals surface area (Å²) >= 11 is 3.67. The highest BCUT2D eigenvalue weighted by atomic mass is 79.9. The molecule has 0 spiro atoms. The first-order chi connectivity index (χ1) is 16.9. The first-order valence-corrected chi connectivity index (χ1v) is 13.4. The normalized spacial score (nSPS) is 24.8. The van der Waals surface area contributed by atoms with Crippen molar-refractivity contribution in [2.45, 2.75) is 32.6 Å². The number of aromatic nitrogens is 3. The van der Waals surface area contributed by atoms with Crippen LogP contribution >= 0.6 is 15.9 Å². The minimum absolute atomic E-state index is 0.0223. The summed E-state index contributed by atoms with van der Waals surface area (Å²) in [6, 6.07) is 10.6. The number of amides is 1. The smallest absolute Gasteiger partial charge is 0.227 e. The predicted molar refractivity (Wildman–Crippen MR) is 142 cm³/mol. The molecule has 2 saturated heterocycles. The number of pyridine rings is 1. The van der Waals surface area contributed by atoms with E-state index in [2.05, 4.69) is 68.1 Å². The molecule has 5 aliphatic heterocycles. The molecular formula is C27H32BrN6O-. The Morgan fingerprint density at radius 3 is 2.69 bits per heavy atom. The molecular weight excluding hydrogens is 504 g/mol. The molecule has 3 aromatic rings. The molecule has 8 heteroatoms. The highest BCUT2D eigenvalue weighted by molar-refractivity contribution is 9.10. The van der Waals surface area contributed by atoms with Crippen LogP contribution in [0.15, 0.2) is 47.2 Å². The van der Waals surface area contributed by atoms with Crippen LogP contribution in [0.4, 0.5) is 11.5 Å². The summed E-state index contributed by atoms with van der Waals surface area (Å²) in [5, 5.41) is 4.87. The highest BCUT2D eigenvalue weighted by Gasteiger charge is 2.35. The third-order valence-corrected chi connectivity index (χ3v) is 8.58. The Hall–Kier alpha value is -2.74. The molecule has 7 nitrogen and oxygen atoms in total. The van der Waals surface area contributed by atoms with E-state index in [1.165, 1.54) is 5.69 Å². The van der Waals surface area contributed by atoms with Gasteiger partial charge in [-0.3, -0.25) is 4.79 Å². The van der Waals surface area contributed by atoms with E-state index >= 15 is 0 Å². The lowest BCUT2D eigenvalue weighted by molar-refractivity contribution is -0.136. The lowest BCUT2D eigenvalue weighted by Gasteiger charge is -2.44. The van der Waals surface area contributed by atoms with Crippen LogP contribution in [0, 0.1) is 11.3 Å². The van der Waals surface area contributed by atoms with Crippen molar-refractivity contribution in [3.63, 3.8) is 0 Å². The van der Waals surface area contributed by atoms with Crippen molar-refractivity contribution in [3.8, 4) is 16.9 Å². The van der Waals surface area contributed by atoms with Crippen molar-refractivity contribution < 1.29 is 4.79 Å². The monoisotopic (exact) mass is 535 g/mol. The topological polar surface area (TPSA) is 58.7 Å². The van der Waals surface area contributed by atoms with Gasteiger partial charge in [0.25, 0.3) is 0 Å². The molecule has 1 unspecified atom stereocenters. The predicted octanol–water partition coefficient (Wildman–Crippen LogP) is 4.55. The lowest BCUT2D eigenvalue weighted by Crippen LogP contribution is -2.49. The van der Waals surface area contributed by atoms with Crippen molar-refractivity contribution in [1.29, 1.82) is 0 Å². The van der Waals surface area contributed by atoms with Crippen molar-refractivity contribution in [2.75, 3.05) is 49.6 Å². The number of carbonyl (C=O) groups excluding carboxylic acids is 1. The van der Waals surface area contributed by atoms with Crippen LogP contribution in [0.1, 0.15) is 32.6 Å². The van der Waals surface area contributed by atoms with Crippen LogP contribution in [-0.2, 0) is 4.79 Å². The Morgan fingerprint density at radius 1 is 1.09 bits per heavy atom. The number of hydrogen-bond donors (Lipinski definition) is 0. The molecule has 7 heterocycles. The maximum Gasteiger partial charge on any atom is 0.227 e. The van der Waals surface area contributed by atoms with Gasteiger partial charge in [0, 0.05) is 50.4 Å². The Morgan fingerprint density at radius 2 is 1.89 bits per heavy atom. The number of benzene rings is 1. The number of rotatable bonds is 0. The van der Waals surface area contributed by atoms with Gasteiger partial charge in [0.15, 0.2) is 0 Å². The average molecular weight is 536 g/mol. The van der Waals surface area contributed by atoms with E-state index in [-0.39, 0.29) is 17.2 Å². The molecule has 0 radical (unpaired) electrons. The van der Waals surface area contributed by atoms with Gasteiger partial charge < -0.3 is 24.5 Å². The molecule has 35 heavy (non-hydrogen) atoms. The van der Waals surface area contributed by atoms with Gasteiger partial charge >= 0.3 is 0 Å². The van der Waals surface area contributed by atoms with E-state index in [4.69, 9.17) is 5.10 Å². The highest BCUT2D eigenvalue weighted by Crippen LogP contribution is 2.38. The zero-order chi connectivity index (χ0) is 24.2. The summed E-state index contributed by atoms with van der Waals surface area (Å²) in [5.41, 5.74) is 4.44. The maximum atomic E-state index is 13.5. The molecule has 2 fully saturated rings. The van der Waals surface area contributed by atoms with Gasteiger partial charge in [-0.05, 0) is 73.2 Å². The van der Waals surface area contributed by atoms with Crippen LogP contribution in [0.5, 0.6) is 0 Å². The van der Waals surface area contributed by atoms with Crippen LogP contribution in [0.2, 0.25) is 0 Å². The number of fused-ring (bicyclic) bond motifs is 1. The minimum atomic E-state index is 0.0223. The van der Waals surface area contributed by atoms with Gasteiger partial charge in [-0.15, -0.1) is 5.69 Å². The van der Waals surface area contributed by atoms with Crippen LogP contribution in [-0.4, -0.2) is 60.2 Å². The zero-order valence-corrected chi connectivity index (χ0v) is 22.0. The molecule has 2 aromatic heterocycles. The fraction of sp³-hybridized carbons (Fsp3) is 0.481. The molecule has 1 atom stereocenters. The molecule has 0 N–H and O–H groups in total. The fourth-order valence-corrected chi connectivity index (χ4v) is 6.32. The van der Waals surface area contributed by atoms with Crippen molar-refractivity contribution in [1.82, 2.24) is 19.7 Å². The van der Waals surface area contributed by atoms with E-state index in [9.17, 15) is 4.79 Å². The number of nitrogens with zero attached hydrogens (tertiary/aromatic N) is 6. The first kappa shape index (κ1) is 22.7. The standard InChI is InChI=1S/C27H32BrN6O/c1-27-8-12-32(13-9-27)24-15-21(28)5-6-23(24)34-17-22(30-34)19-7-10-29-25(14-19)33-11-3-4-20(16-33)26(35)31(2)18-27/h5-7,10,14-15,17,20H,3-4,8-9,11-13,16,18H2,1-2H3/q-1. The summed E-state index contributed by atoms with van der Waals surface area (Å²) in [6.07, 6.45) is 8.04. The van der Waals surface area contributed by atoms with E-state index in [0.29, 0.717) is 0 Å². The van der Waals surface area contributed by atoms with Crippen molar-refractivity contribution >= 4 is 33.3 Å². The zero-order valence-electron chi connectivity index (χ0n) is 20.5. The molecule has 0 aliphatic carbocycles. The Bertz CT molecular complexity index is 1230. The Labute approximate surface area is 215 Å². The summed E-state index contributed by atoms with van der Waals surface area (Å²) in [6.45, 7) is 6.75. The van der Waals surface area contributed by atoms with Gasteiger partial charge in [-0.1, -0.05) is 22.9 Å². The molecule has 8 rings (SSSR count).